The molecule has 114 valence electrons. The van der Waals surface area contributed by atoms with Crippen LogP contribution < -0.4 is 0 Å². The Balaban J connectivity index is 1.89. The van der Waals surface area contributed by atoms with E-state index in [1.165, 1.54) is 4.90 Å². The van der Waals surface area contributed by atoms with Gasteiger partial charge in [0.1, 0.15) is 11.7 Å². The number of likely N-dealkylation sites (tertiary alicyclic amines) is 1. The predicted molar refractivity (Wildman–Crippen MR) is 78.4 cm³/mol. The van der Waals surface area contributed by atoms with E-state index in [2.05, 4.69) is 4.98 Å². The van der Waals surface area contributed by atoms with E-state index in [0.717, 1.165) is 0 Å². The summed E-state index contributed by atoms with van der Waals surface area (Å²) in [6.45, 7) is 2.21. The van der Waals surface area contributed by atoms with Gasteiger partial charge in [-0.2, -0.15) is 0 Å². The molecule has 22 heavy (non-hydrogen) atoms. The first kappa shape index (κ1) is 14.3. The molecule has 6 nitrogen and oxygen atoms in total. The Hall–Kier alpha value is -2.63. The van der Waals surface area contributed by atoms with Gasteiger partial charge in [0.25, 0.3) is 5.91 Å². The van der Waals surface area contributed by atoms with Crippen molar-refractivity contribution in [2.75, 3.05) is 6.54 Å². The van der Waals surface area contributed by atoms with Crippen molar-refractivity contribution < 1.29 is 19.1 Å². The Morgan fingerprint density at radius 3 is 2.82 bits per heavy atom. The summed E-state index contributed by atoms with van der Waals surface area (Å²) in [7, 11) is 0. The number of carbonyl (C=O) groups excluding carboxylic acids is 1. The summed E-state index contributed by atoms with van der Waals surface area (Å²) in [5.41, 5.74) is 1.65. The summed E-state index contributed by atoms with van der Waals surface area (Å²) >= 11 is 0. The molecule has 6 heteroatoms. The van der Waals surface area contributed by atoms with Crippen LogP contribution in [-0.4, -0.2) is 39.5 Å². The third-order valence-corrected chi connectivity index (χ3v) is 3.89. The van der Waals surface area contributed by atoms with E-state index in [4.69, 9.17) is 4.42 Å². The second-order valence-corrected chi connectivity index (χ2v) is 5.30. The maximum Gasteiger partial charge on any atom is 0.326 e. The van der Waals surface area contributed by atoms with Crippen LogP contribution in [0.2, 0.25) is 0 Å². The number of aliphatic carboxylic acids is 1. The molecule has 0 radical (unpaired) electrons. The summed E-state index contributed by atoms with van der Waals surface area (Å²) in [4.78, 5) is 29.6. The van der Waals surface area contributed by atoms with Crippen molar-refractivity contribution in [1.29, 1.82) is 0 Å². The number of hydrogen-bond donors (Lipinski definition) is 1. The Morgan fingerprint density at radius 1 is 1.36 bits per heavy atom. The highest BCUT2D eigenvalue weighted by atomic mass is 16.4. The monoisotopic (exact) mass is 300 g/mol. The van der Waals surface area contributed by atoms with E-state index < -0.39 is 12.0 Å². The highest BCUT2D eigenvalue weighted by molar-refractivity contribution is 5.98. The molecule has 3 rings (SSSR count). The zero-order chi connectivity index (χ0) is 15.7. The van der Waals surface area contributed by atoms with Gasteiger partial charge in [0.2, 0.25) is 0 Å². The van der Waals surface area contributed by atoms with Crippen LogP contribution >= 0.6 is 0 Å². The average Bonchev–Trinajstić information content (AvgIpc) is 3.17. The fraction of sp³-hybridized carbons (Fsp3) is 0.312. The van der Waals surface area contributed by atoms with Crippen LogP contribution in [0.3, 0.4) is 0 Å². The van der Waals surface area contributed by atoms with Gasteiger partial charge in [-0.05, 0) is 44.0 Å². The summed E-state index contributed by atoms with van der Waals surface area (Å²) in [5, 5.41) is 9.20. The van der Waals surface area contributed by atoms with Gasteiger partial charge in [-0.15, -0.1) is 0 Å². The van der Waals surface area contributed by atoms with Crippen LogP contribution in [0, 0.1) is 6.92 Å². The minimum atomic E-state index is -0.955. The normalized spacial score (nSPS) is 17.7. The number of hydrogen-bond acceptors (Lipinski definition) is 4. The van der Waals surface area contributed by atoms with Crippen molar-refractivity contribution in [3.05, 3.63) is 41.8 Å². The lowest BCUT2D eigenvalue weighted by Crippen LogP contribution is -2.40. The summed E-state index contributed by atoms with van der Waals surface area (Å²) in [6, 6.07) is 6.22. The van der Waals surface area contributed by atoms with E-state index >= 15 is 0 Å². The van der Waals surface area contributed by atoms with Gasteiger partial charge in [-0.3, -0.25) is 4.79 Å². The molecule has 1 saturated heterocycles. The molecule has 1 aliphatic heterocycles. The van der Waals surface area contributed by atoms with Crippen LogP contribution in [0.1, 0.15) is 28.9 Å². The fourth-order valence-electron chi connectivity index (χ4n) is 2.77. The molecule has 2 aromatic heterocycles. The first-order valence-electron chi connectivity index (χ1n) is 7.13. The van der Waals surface area contributed by atoms with Gasteiger partial charge in [0, 0.05) is 6.54 Å². The third kappa shape index (κ3) is 2.47. The van der Waals surface area contributed by atoms with Crippen molar-refractivity contribution in [2.24, 2.45) is 0 Å². The average molecular weight is 300 g/mol. The first-order chi connectivity index (χ1) is 10.6. The Morgan fingerprint density at radius 2 is 2.18 bits per heavy atom. The van der Waals surface area contributed by atoms with Crippen molar-refractivity contribution in [1.82, 2.24) is 9.88 Å². The van der Waals surface area contributed by atoms with Crippen LogP contribution in [-0.2, 0) is 4.79 Å². The van der Waals surface area contributed by atoms with Crippen LogP contribution in [0.5, 0.6) is 0 Å². The van der Waals surface area contributed by atoms with E-state index in [1.807, 2.05) is 0 Å². The van der Waals surface area contributed by atoms with Crippen LogP contribution in [0.25, 0.3) is 11.5 Å². The summed E-state index contributed by atoms with van der Waals surface area (Å²) < 4.78 is 5.29. The number of aromatic nitrogens is 1. The Bertz CT molecular complexity index is 709. The van der Waals surface area contributed by atoms with Crippen molar-refractivity contribution >= 4 is 11.9 Å². The Kier molecular flexibility index (Phi) is 3.66. The standard InChI is InChI=1S/C16H16N2O4/c1-10-11(6-7-12(17-10)14-5-3-9-22-14)15(19)18-8-2-4-13(18)16(20)21/h3,5-7,9,13H,2,4,8H2,1H3,(H,20,21)/t13-/m1/s1. The molecule has 2 aromatic rings. The molecule has 0 unspecified atom stereocenters. The summed E-state index contributed by atoms with van der Waals surface area (Å²) in [6.07, 6.45) is 2.77. The molecule has 3 heterocycles. The van der Waals surface area contributed by atoms with Crippen LogP contribution in [0.15, 0.2) is 34.9 Å². The number of nitrogens with zero attached hydrogens (tertiary/aromatic N) is 2. The molecule has 0 spiro atoms. The smallest absolute Gasteiger partial charge is 0.326 e. The first-order valence-corrected chi connectivity index (χ1v) is 7.13. The lowest BCUT2D eigenvalue weighted by Gasteiger charge is -2.22. The van der Waals surface area contributed by atoms with Gasteiger partial charge < -0.3 is 14.4 Å². The number of carboxylic acids is 1. The number of amides is 1. The molecular weight excluding hydrogens is 284 g/mol. The third-order valence-electron chi connectivity index (χ3n) is 3.89. The zero-order valence-corrected chi connectivity index (χ0v) is 12.2. The van der Waals surface area contributed by atoms with E-state index in [1.54, 1.807) is 37.5 Å². The molecule has 0 bridgehead atoms. The maximum atomic E-state index is 12.6. The summed E-state index contributed by atoms with van der Waals surface area (Å²) in [5.74, 6) is -0.601. The molecule has 1 amide bonds. The highest BCUT2D eigenvalue weighted by Crippen LogP contribution is 2.24. The SMILES string of the molecule is Cc1nc(-c2ccco2)ccc1C(=O)N1CCC[C@@H]1C(=O)O. The highest BCUT2D eigenvalue weighted by Gasteiger charge is 2.35. The number of rotatable bonds is 3. The predicted octanol–water partition coefficient (Wildman–Crippen LogP) is 2.34. The maximum absolute atomic E-state index is 12.6. The molecule has 0 aromatic carbocycles. The number of carbonyl (C=O) groups is 2. The quantitative estimate of drug-likeness (QED) is 0.940. The molecular formula is C16H16N2O4. The minimum Gasteiger partial charge on any atom is -0.480 e. The number of furan rings is 1. The second-order valence-electron chi connectivity index (χ2n) is 5.30. The molecule has 0 aliphatic carbocycles. The van der Waals surface area contributed by atoms with Crippen LogP contribution in [0.4, 0.5) is 0 Å². The molecule has 0 saturated carbocycles. The van der Waals surface area contributed by atoms with Gasteiger partial charge >= 0.3 is 5.97 Å². The van der Waals surface area contributed by atoms with Gasteiger partial charge in [-0.1, -0.05) is 0 Å². The fourth-order valence-corrected chi connectivity index (χ4v) is 2.77. The zero-order valence-electron chi connectivity index (χ0n) is 12.2. The lowest BCUT2D eigenvalue weighted by atomic mass is 10.1. The number of aryl methyl sites for hydroxylation is 1. The van der Waals surface area contributed by atoms with Gasteiger partial charge in [0.15, 0.2) is 5.76 Å². The molecule has 1 N–H and O–H groups in total. The Labute approximate surface area is 127 Å². The lowest BCUT2D eigenvalue weighted by molar-refractivity contribution is -0.141. The van der Waals surface area contributed by atoms with Gasteiger partial charge in [-0.25, -0.2) is 9.78 Å². The molecule has 1 aliphatic rings. The second kappa shape index (κ2) is 5.63. The van der Waals surface area contributed by atoms with Crippen molar-refractivity contribution in [2.45, 2.75) is 25.8 Å². The molecule has 1 fully saturated rings. The molecule has 1 atom stereocenters. The number of pyridine rings is 1. The number of carboxylic acid groups (broad SMARTS) is 1. The van der Waals surface area contributed by atoms with E-state index in [9.17, 15) is 14.7 Å². The minimum absolute atomic E-state index is 0.277. The topological polar surface area (TPSA) is 83.6 Å². The van der Waals surface area contributed by atoms with E-state index in [0.29, 0.717) is 42.1 Å². The van der Waals surface area contributed by atoms with Crippen molar-refractivity contribution in [3.8, 4) is 11.5 Å². The van der Waals surface area contributed by atoms with Crippen molar-refractivity contribution in [3.63, 3.8) is 0 Å². The largest absolute Gasteiger partial charge is 0.480 e. The van der Waals surface area contributed by atoms with Gasteiger partial charge in [0.05, 0.1) is 17.5 Å². The van der Waals surface area contributed by atoms with E-state index in [-0.39, 0.29) is 5.91 Å².